The molecule has 3 heteroatoms. The molecule has 9 heavy (non-hydrogen) atoms. The standard InChI is InChI=1S/C6H13NO2/c1-5-6(2-3-8)9-4-7-5/h5-8H,2-4H2,1H3. The topological polar surface area (TPSA) is 41.5 Å². The van der Waals surface area contributed by atoms with Crippen molar-refractivity contribution in [3.05, 3.63) is 0 Å². The molecule has 2 unspecified atom stereocenters. The third-order valence-electron chi connectivity index (χ3n) is 1.67. The molecule has 54 valence electrons. The Morgan fingerprint density at radius 3 is 3.00 bits per heavy atom. The van der Waals surface area contributed by atoms with Crippen LogP contribution in [0.1, 0.15) is 13.3 Å². The smallest absolute Gasteiger partial charge is 0.0972 e. The minimum atomic E-state index is 0.218. The van der Waals surface area contributed by atoms with E-state index in [1.54, 1.807) is 0 Å². The second-order valence-corrected chi connectivity index (χ2v) is 2.35. The summed E-state index contributed by atoms with van der Waals surface area (Å²) in [7, 11) is 0. The highest BCUT2D eigenvalue weighted by Gasteiger charge is 2.22. The van der Waals surface area contributed by atoms with Crippen LogP contribution in [0.3, 0.4) is 0 Å². The van der Waals surface area contributed by atoms with Gasteiger partial charge in [-0.3, -0.25) is 5.32 Å². The van der Waals surface area contributed by atoms with Gasteiger partial charge < -0.3 is 9.84 Å². The lowest BCUT2D eigenvalue weighted by molar-refractivity contribution is 0.0809. The van der Waals surface area contributed by atoms with E-state index >= 15 is 0 Å². The summed E-state index contributed by atoms with van der Waals surface area (Å²) in [5.41, 5.74) is 0. The van der Waals surface area contributed by atoms with Crippen molar-refractivity contribution in [2.45, 2.75) is 25.5 Å². The van der Waals surface area contributed by atoms with Crippen molar-refractivity contribution in [3.63, 3.8) is 0 Å². The van der Waals surface area contributed by atoms with Gasteiger partial charge in [0.25, 0.3) is 0 Å². The molecule has 0 saturated carbocycles. The normalized spacial score (nSPS) is 35.3. The van der Waals surface area contributed by atoms with Crippen molar-refractivity contribution in [1.29, 1.82) is 0 Å². The minimum Gasteiger partial charge on any atom is -0.396 e. The second-order valence-electron chi connectivity index (χ2n) is 2.35. The first-order valence-electron chi connectivity index (χ1n) is 3.30. The molecular formula is C6H13NO2. The van der Waals surface area contributed by atoms with Gasteiger partial charge in [0.1, 0.15) is 0 Å². The van der Waals surface area contributed by atoms with Gasteiger partial charge in [0.15, 0.2) is 0 Å². The van der Waals surface area contributed by atoms with Gasteiger partial charge in [-0.2, -0.15) is 0 Å². The van der Waals surface area contributed by atoms with Crippen molar-refractivity contribution < 1.29 is 9.84 Å². The Morgan fingerprint density at radius 2 is 2.56 bits per heavy atom. The maximum atomic E-state index is 8.54. The zero-order valence-electron chi connectivity index (χ0n) is 5.63. The highest BCUT2D eigenvalue weighted by atomic mass is 16.5. The second kappa shape index (κ2) is 3.15. The molecule has 0 aliphatic carbocycles. The number of ether oxygens (including phenoxy) is 1. The third kappa shape index (κ3) is 1.64. The number of aliphatic hydroxyl groups is 1. The van der Waals surface area contributed by atoms with E-state index in [1.165, 1.54) is 0 Å². The van der Waals surface area contributed by atoms with Crippen LogP contribution in [0.2, 0.25) is 0 Å². The zero-order chi connectivity index (χ0) is 6.69. The monoisotopic (exact) mass is 131 g/mol. The molecule has 1 aliphatic heterocycles. The number of aliphatic hydroxyl groups excluding tert-OH is 1. The van der Waals surface area contributed by atoms with Gasteiger partial charge in [-0.15, -0.1) is 0 Å². The zero-order valence-corrected chi connectivity index (χ0v) is 5.63. The number of hydrogen-bond donors (Lipinski definition) is 2. The lowest BCUT2D eigenvalue weighted by Crippen LogP contribution is -2.27. The van der Waals surface area contributed by atoms with E-state index in [0.29, 0.717) is 12.8 Å². The van der Waals surface area contributed by atoms with Crippen molar-refractivity contribution in [1.82, 2.24) is 5.32 Å². The van der Waals surface area contributed by atoms with Crippen LogP contribution >= 0.6 is 0 Å². The van der Waals surface area contributed by atoms with Gasteiger partial charge >= 0.3 is 0 Å². The molecular weight excluding hydrogens is 118 g/mol. The lowest BCUT2D eigenvalue weighted by atomic mass is 10.1. The van der Waals surface area contributed by atoms with Gasteiger partial charge in [-0.25, -0.2) is 0 Å². The molecule has 1 rings (SSSR count). The van der Waals surface area contributed by atoms with Crippen LogP contribution in [-0.2, 0) is 4.74 Å². The molecule has 1 heterocycles. The summed E-state index contributed by atoms with van der Waals surface area (Å²) in [5.74, 6) is 0. The Hall–Kier alpha value is -0.120. The Labute approximate surface area is 55.0 Å². The van der Waals surface area contributed by atoms with E-state index in [4.69, 9.17) is 9.84 Å². The van der Waals surface area contributed by atoms with Crippen molar-refractivity contribution >= 4 is 0 Å². The van der Waals surface area contributed by atoms with Crippen molar-refractivity contribution in [2.24, 2.45) is 0 Å². The summed E-state index contributed by atoms with van der Waals surface area (Å²) in [4.78, 5) is 0. The fourth-order valence-electron chi connectivity index (χ4n) is 1.02. The van der Waals surface area contributed by atoms with Gasteiger partial charge in [-0.1, -0.05) is 0 Å². The summed E-state index contributed by atoms with van der Waals surface area (Å²) in [6.45, 7) is 2.91. The van der Waals surface area contributed by atoms with E-state index < -0.39 is 0 Å². The molecule has 0 amide bonds. The van der Waals surface area contributed by atoms with Gasteiger partial charge in [-0.05, 0) is 13.3 Å². The molecule has 0 radical (unpaired) electrons. The number of rotatable bonds is 2. The Morgan fingerprint density at radius 1 is 1.78 bits per heavy atom. The third-order valence-corrected chi connectivity index (χ3v) is 1.67. The molecule has 0 bridgehead atoms. The van der Waals surface area contributed by atoms with Gasteiger partial charge in [0.05, 0.1) is 12.8 Å². The van der Waals surface area contributed by atoms with Crippen LogP contribution in [0.25, 0.3) is 0 Å². The molecule has 3 nitrogen and oxygen atoms in total. The average molecular weight is 131 g/mol. The quantitative estimate of drug-likeness (QED) is 0.540. The van der Waals surface area contributed by atoms with E-state index in [2.05, 4.69) is 12.2 Å². The predicted octanol–water partition coefficient (Wildman–Crippen LogP) is -0.297. The molecule has 1 fully saturated rings. The van der Waals surface area contributed by atoms with Crippen LogP contribution in [0, 0.1) is 0 Å². The van der Waals surface area contributed by atoms with Crippen molar-refractivity contribution in [3.8, 4) is 0 Å². The molecule has 0 aromatic carbocycles. The highest BCUT2D eigenvalue weighted by molar-refractivity contribution is 4.75. The maximum absolute atomic E-state index is 8.54. The molecule has 1 aliphatic rings. The minimum absolute atomic E-state index is 0.218. The lowest BCUT2D eigenvalue weighted by Gasteiger charge is -2.10. The molecule has 2 atom stereocenters. The van der Waals surface area contributed by atoms with E-state index in [1.807, 2.05) is 0 Å². The first kappa shape index (κ1) is 6.99. The highest BCUT2D eigenvalue weighted by Crippen LogP contribution is 2.08. The van der Waals surface area contributed by atoms with E-state index in [0.717, 1.165) is 6.42 Å². The fourth-order valence-corrected chi connectivity index (χ4v) is 1.02. The summed E-state index contributed by atoms with van der Waals surface area (Å²) < 4.78 is 5.23. The Bertz CT molecular complexity index is 87.1. The van der Waals surface area contributed by atoms with Gasteiger partial charge in [0.2, 0.25) is 0 Å². The summed E-state index contributed by atoms with van der Waals surface area (Å²) in [6.07, 6.45) is 0.962. The van der Waals surface area contributed by atoms with Crippen LogP contribution in [0.5, 0.6) is 0 Å². The molecule has 2 N–H and O–H groups in total. The Balaban J connectivity index is 2.22. The molecule has 1 saturated heterocycles. The predicted molar refractivity (Wildman–Crippen MR) is 34.0 cm³/mol. The maximum Gasteiger partial charge on any atom is 0.0972 e. The van der Waals surface area contributed by atoms with E-state index in [9.17, 15) is 0 Å². The summed E-state index contributed by atoms with van der Waals surface area (Å²) in [6, 6.07) is 0.400. The van der Waals surface area contributed by atoms with Crippen LogP contribution in [-0.4, -0.2) is 30.6 Å². The number of nitrogens with one attached hydrogen (secondary N) is 1. The van der Waals surface area contributed by atoms with Crippen LogP contribution in [0.4, 0.5) is 0 Å². The summed E-state index contributed by atoms with van der Waals surface area (Å²) in [5, 5.41) is 11.7. The molecule has 0 aromatic rings. The Kier molecular flexibility index (Phi) is 2.45. The first-order chi connectivity index (χ1) is 4.34. The number of hydrogen-bond acceptors (Lipinski definition) is 3. The van der Waals surface area contributed by atoms with E-state index in [-0.39, 0.29) is 12.7 Å². The van der Waals surface area contributed by atoms with Crippen LogP contribution in [0.15, 0.2) is 0 Å². The average Bonchev–Trinajstić information content (AvgIpc) is 2.18. The SMILES string of the molecule is CC1NCOC1CCO. The molecule has 0 spiro atoms. The largest absolute Gasteiger partial charge is 0.396 e. The van der Waals surface area contributed by atoms with Crippen molar-refractivity contribution in [2.75, 3.05) is 13.3 Å². The summed E-state index contributed by atoms with van der Waals surface area (Å²) >= 11 is 0. The first-order valence-corrected chi connectivity index (χ1v) is 3.30. The molecule has 0 aromatic heterocycles. The van der Waals surface area contributed by atoms with Crippen LogP contribution < -0.4 is 5.32 Å². The van der Waals surface area contributed by atoms with Gasteiger partial charge in [0, 0.05) is 12.6 Å². The fraction of sp³-hybridized carbons (Fsp3) is 1.00.